The molecule has 2 rings (SSSR count). The zero-order valence-corrected chi connectivity index (χ0v) is 13.8. The Bertz CT molecular complexity index is 780. The molecule has 0 aliphatic rings. The summed E-state index contributed by atoms with van der Waals surface area (Å²) in [4.78, 5) is 5.78. The van der Waals surface area contributed by atoms with Gasteiger partial charge in [0.15, 0.2) is 0 Å². The van der Waals surface area contributed by atoms with Crippen LogP contribution in [0.4, 0.5) is 17.1 Å². The minimum atomic E-state index is 0.279. The van der Waals surface area contributed by atoms with E-state index in [2.05, 4.69) is 33.8 Å². The molecule has 0 saturated heterocycles. The quantitative estimate of drug-likeness (QED) is 0.421. The summed E-state index contributed by atoms with van der Waals surface area (Å²) in [6, 6.07) is 17.3. The van der Waals surface area contributed by atoms with Crippen LogP contribution in [-0.2, 0) is 0 Å². The molecule has 0 aromatic heterocycles. The molecule has 0 atom stereocenters. The predicted molar refractivity (Wildman–Crippen MR) is 99.1 cm³/mol. The lowest BCUT2D eigenvalue weighted by Gasteiger charge is -2.16. The van der Waals surface area contributed by atoms with Crippen molar-refractivity contribution in [3.05, 3.63) is 59.8 Å². The van der Waals surface area contributed by atoms with Gasteiger partial charge in [0.05, 0.1) is 11.4 Å². The lowest BCUT2D eigenvalue weighted by Crippen LogP contribution is -2.15. The molecule has 2 aromatic rings. The second kappa shape index (κ2) is 8.39. The zero-order chi connectivity index (χ0) is 17.4. The third kappa shape index (κ3) is 4.62. The Kier molecular flexibility index (Phi) is 5.98. The lowest BCUT2D eigenvalue weighted by molar-refractivity contribution is 0.968. The van der Waals surface area contributed by atoms with Crippen molar-refractivity contribution in [2.24, 2.45) is 15.2 Å². The molecule has 0 fully saturated rings. The summed E-state index contributed by atoms with van der Waals surface area (Å²) in [5, 5.41) is 17.3. The summed E-state index contributed by atoms with van der Waals surface area (Å²) < 4.78 is 0. The molecule has 0 saturated carbocycles. The van der Waals surface area contributed by atoms with Crippen LogP contribution in [0.25, 0.3) is 6.08 Å². The first-order valence-corrected chi connectivity index (χ1v) is 7.57. The van der Waals surface area contributed by atoms with Gasteiger partial charge in [-0.2, -0.15) is 15.5 Å². The van der Waals surface area contributed by atoms with Gasteiger partial charge >= 0.3 is 0 Å². The summed E-state index contributed by atoms with van der Waals surface area (Å²) in [6.45, 7) is 6.42. The first-order valence-electron chi connectivity index (χ1n) is 7.57. The van der Waals surface area contributed by atoms with E-state index in [-0.39, 0.29) is 5.70 Å². The van der Waals surface area contributed by atoms with Crippen LogP contribution in [0.15, 0.2) is 69.4 Å². The van der Waals surface area contributed by atoms with Gasteiger partial charge in [0.25, 0.3) is 0 Å². The second-order valence-corrected chi connectivity index (χ2v) is 5.12. The molecule has 0 radical (unpaired) electrons. The number of aliphatic imine (C=N–C) groups is 1. The Labute approximate surface area is 142 Å². The monoisotopic (exact) mass is 317 g/mol. The van der Waals surface area contributed by atoms with E-state index < -0.39 is 0 Å². The van der Waals surface area contributed by atoms with Crippen molar-refractivity contribution in [2.45, 2.75) is 6.92 Å². The summed E-state index contributed by atoms with van der Waals surface area (Å²) >= 11 is 0. The Morgan fingerprint density at radius 3 is 2.08 bits per heavy atom. The smallest absolute Gasteiger partial charge is 0.140 e. The molecule has 0 aliphatic carbocycles. The molecule has 24 heavy (non-hydrogen) atoms. The van der Waals surface area contributed by atoms with E-state index in [0.29, 0.717) is 0 Å². The van der Waals surface area contributed by atoms with Crippen LogP contribution >= 0.6 is 0 Å². The predicted octanol–water partition coefficient (Wildman–Crippen LogP) is 5.12. The Morgan fingerprint density at radius 2 is 1.62 bits per heavy atom. The molecule has 0 spiro atoms. The number of hydrogen-bond donors (Lipinski definition) is 0. The van der Waals surface area contributed by atoms with E-state index in [9.17, 15) is 0 Å². The van der Waals surface area contributed by atoms with E-state index in [1.165, 1.54) is 0 Å². The molecule has 2 aromatic carbocycles. The van der Waals surface area contributed by atoms with Crippen molar-refractivity contribution < 1.29 is 0 Å². The van der Waals surface area contributed by atoms with Crippen molar-refractivity contribution in [1.29, 1.82) is 5.26 Å². The van der Waals surface area contributed by atoms with E-state index >= 15 is 0 Å². The van der Waals surface area contributed by atoms with Gasteiger partial charge < -0.3 is 4.90 Å². The lowest BCUT2D eigenvalue weighted by atomic mass is 10.2. The maximum absolute atomic E-state index is 8.83. The van der Waals surface area contributed by atoms with E-state index in [0.717, 1.165) is 29.2 Å². The van der Waals surface area contributed by atoms with Crippen molar-refractivity contribution in [2.75, 3.05) is 18.5 Å². The van der Waals surface area contributed by atoms with Gasteiger partial charge in [0.1, 0.15) is 11.8 Å². The second-order valence-electron chi connectivity index (χ2n) is 5.12. The van der Waals surface area contributed by atoms with Gasteiger partial charge in [0.2, 0.25) is 0 Å². The number of azo groups is 1. The maximum atomic E-state index is 8.83. The highest BCUT2D eigenvalue weighted by Crippen LogP contribution is 2.22. The van der Waals surface area contributed by atoms with Gasteiger partial charge in [-0.05, 0) is 61.7 Å². The van der Waals surface area contributed by atoms with Crippen LogP contribution in [0.1, 0.15) is 12.5 Å². The van der Waals surface area contributed by atoms with Crippen LogP contribution in [-0.4, -0.2) is 20.3 Å². The molecule has 0 aliphatic heterocycles. The van der Waals surface area contributed by atoms with Gasteiger partial charge in [-0.15, -0.1) is 0 Å². The zero-order valence-electron chi connectivity index (χ0n) is 13.8. The number of anilines is 1. The number of nitriles is 1. The van der Waals surface area contributed by atoms with E-state index in [4.69, 9.17) is 5.26 Å². The number of rotatable bonds is 6. The highest BCUT2D eigenvalue weighted by Gasteiger charge is 1.98. The molecule has 0 amide bonds. The Morgan fingerprint density at radius 1 is 1.08 bits per heavy atom. The van der Waals surface area contributed by atoms with Gasteiger partial charge in [0, 0.05) is 19.3 Å². The SMILES string of the molecule is C=N/C(C#N)=C/c1ccc(N=Nc2ccc(N(C)CC)cc2)cc1. The maximum Gasteiger partial charge on any atom is 0.140 e. The van der Waals surface area contributed by atoms with Gasteiger partial charge in [-0.25, -0.2) is 0 Å². The van der Waals surface area contributed by atoms with Gasteiger partial charge in [-0.3, -0.25) is 4.99 Å². The largest absolute Gasteiger partial charge is 0.375 e. The number of benzene rings is 2. The summed E-state index contributed by atoms with van der Waals surface area (Å²) in [5.41, 5.74) is 3.84. The van der Waals surface area contributed by atoms with Crippen LogP contribution in [0, 0.1) is 11.3 Å². The fourth-order valence-electron chi connectivity index (χ4n) is 1.98. The van der Waals surface area contributed by atoms with Crippen LogP contribution in [0.2, 0.25) is 0 Å². The fraction of sp³-hybridized carbons (Fsp3) is 0.158. The first kappa shape index (κ1) is 17.1. The minimum Gasteiger partial charge on any atom is -0.375 e. The standard InChI is InChI=1S/C19H19N5/c1-4-24(3)19-11-9-17(10-12-19)23-22-16-7-5-15(6-8-16)13-18(14-20)21-2/h5-13H,2,4H2,1,3H3/b18-13+,23-22?. The summed E-state index contributed by atoms with van der Waals surface area (Å²) in [6.07, 6.45) is 1.66. The molecule has 0 unspecified atom stereocenters. The molecule has 0 bridgehead atoms. The fourth-order valence-corrected chi connectivity index (χ4v) is 1.98. The highest BCUT2D eigenvalue weighted by molar-refractivity contribution is 5.60. The number of nitrogens with zero attached hydrogens (tertiary/aromatic N) is 5. The molecule has 0 heterocycles. The summed E-state index contributed by atoms with van der Waals surface area (Å²) in [7, 11) is 2.05. The van der Waals surface area contributed by atoms with Crippen molar-refractivity contribution in [3.63, 3.8) is 0 Å². The van der Waals surface area contributed by atoms with Crippen LogP contribution < -0.4 is 4.90 Å². The van der Waals surface area contributed by atoms with Gasteiger partial charge in [-0.1, -0.05) is 12.1 Å². The third-order valence-corrected chi connectivity index (χ3v) is 3.53. The van der Waals surface area contributed by atoms with Crippen molar-refractivity contribution >= 4 is 29.9 Å². The van der Waals surface area contributed by atoms with E-state index in [1.807, 2.05) is 61.6 Å². The molecule has 5 nitrogen and oxygen atoms in total. The normalized spacial score (nSPS) is 11.3. The average molecular weight is 317 g/mol. The Balaban J connectivity index is 2.08. The highest BCUT2D eigenvalue weighted by atomic mass is 15.1. The molecule has 120 valence electrons. The third-order valence-electron chi connectivity index (χ3n) is 3.53. The van der Waals surface area contributed by atoms with Crippen molar-refractivity contribution in [3.8, 4) is 6.07 Å². The number of hydrogen-bond acceptors (Lipinski definition) is 5. The molecular formula is C19H19N5. The molecule has 5 heteroatoms. The topological polar surface area (TPSA) is 64.1 Å². The summed E-state index contributed by atoms with van der Waals surface area (Å²) in [5.74, 6) is 0. The molecule has 0 N–H and O–H groups in total. The first-order chi connectivity index (χ1) is 11.7. The number of allylic oxidation sites excluding steroid dienone is 1. The van der Waals surface area contributed by atoms with Crippen LogP contribution in [0.5, 0.6) is 0 Å². The van der Waals surface area contributed by atoms with Crippen LogP contribution in [0.3, 0.4) is 0 Å². The van der Waals surface area contributed by atoms with Crippen molar-refractivity contribution in [1.82, 2.24) is 0 Å². The minimum absolute atomic E-state index is 0.279. The Hall–Kier alpha value is -3.26. The average Bonchev–Trinajstić information content (AvgIpc) is 2.65. The molecular weight excluding hydrogens is 298 g/mol. The van der Waals surface area contributed by atoms with E-state index in [1.54, 1.807) is 6.08 Å².